The first-order chi connectivity index (χ1) is 17.4. The van der Waals surface area contributed by atoms with Crippen LogP contribution < -0.4 is 15.5 Å². The van der Waals surface area contributed by atoms with Crippen LogP contribution in [0.5, 0.6) is 11.5 Å². The second kappa shape index (κ2) is 11.5. The lowest BCUT2D eigenvalue weighted by molar-refractivity contribution is -0.151. The van der Waals surface area contributed by atoms with Gasteiger partial charge >= 0.3 is 5.97 Å². The number of nitrogens with zero attached hydrogens (tertiary/aromatic N) is 1. The maximum Gasteiger partial charge on any atom is 0.311 e. The molecular weight excluding hydrogens is 530 g/mol. The van der Waals surface area contributed by atoms with E-state index < -0.39 is 36.2 Å². The Morgan fingerprint density at radius 1 is 0.917 bits per heavy atom. The molecule has 2 N–H and O–H groups in total. The predicted molar refractivity (Wildman–Crippen MR) is 134 cm³/mol. The Bertz CT molecular complexity index is 1250. The van der Waals surface area contributed by atoms with E-state index in [1.165, 1.54) is 0 Å². The number of hydrazine groups is 1. The number of esters is 1. The molecule has 0 aliphatic carbocycles. The van der Waals surface area contributed by atoms with Crippen molar-refractivity contribution in [1.29, 1.82) is 0 Å². The molecule has 3 amide bonds. The maximum absolute atomic E-state index is 12.4. The van der Waals surface area contributed by atoms with Gasteiger partial charge in [-0.15, -0.1) is 0 Å². The molecule has 3 aromatic rings. The molecule has 0 saturated carbocycles. The normalized spacial score (nSPS) is 14.8. The van der Waals surface area contributed by atoms with Gasteiger partial charge in [-0.2, -0.15) is 0 Å². The summed E-state index contributed by atoms with van der Waals surface area (Å²) in [5.41, 5.74) is 3.38. The minimum atomic E-state index is -0.787. The van der Waals surface area contributed by atoms with Crippen molar-refractivity contribution in [1.82, 2.24) is 10.4 Å². The number of hydrogen-bond acceptors (Lipinski definition) is 6. The standard InChI is InChI=1S/C26H22BrN3O6/c27-19-8-6-17(7-9-19)25(33)29-30-15-18(14-24(30)32)26(34)35-16-23(31)28-20-10-12-22(13-11-20)36-21-4-2-1-3-5-21/h1-13,18H,14-16H2,(H,28,31)(H,29,33)/t18-/m0/s1. The van der Waals surface area contributed by atoms with Crippen molar-refractivity contribution in [2.24, 2.45) is 5.92 Å². The largest absolute Gasteiger partial charge is 0.457 e. The first-order valence-electron chi connectivity index (χ1n) is 11.0. The molecule has 1 aliphatic heterocycles. The van der Waals surface area contributed by atoms with E-state index in [0.29, 0.717) is 22.7 Å². The molecule has 1 heterocycles. The molecule has 1 atom stereocenters. The van der Waals surface area contributed by atoms with Crippen molar-refractivity contribution >= 4 is 45.3 Å². The lowest BCUT2D eigenvalue weighted by Crippen LogP contribution is -2.43. The van der Waals surface area contributed by atoms with Gasteiger partial charge in [0.25, 0.3) is 11.8 Å². The summed E-state index contributed by atoms with van der Waals surface area (Å²) in [6.45, 7) is -0.540. The zero-order chi connectivity index (χ0) is 25.5. The number of para-hydroxylation sites is 1. The van der Waals surface area contributed by atoms with Crippen molar-refractivity contribution in [3.63, 3.8) is 0 Å². The third kappa shape index (κ3) is 6.70. The zero-order valence-corrected chi connectivity index (χ0v) is 20.6. The van der Waals surface area contributed by atoms with Crippen LogP contribution in [0.25, 0.3) is 0 Å². The van der Waals surface area contributed by atoms with E-state index in [1.807, 2.05) is 30.3 Å². The van der Waals surface area contributed by atoms with Crippen LogP contribution in [0.1, 0.15) is 16.8 Å². The van der Waals surface area contributed by atoms with Gasteiger partial charge in [0, 0.05) is 22.1 Å². The third-order valence-electron chi connectivity index (χ3n) is 5.26. The van der Waals surface area contributed by atoms with Crippen molar-refractivity contribution in [3.05, 3.63) is 88.9 Å². The van der Waals surface area contributed by atoms with E-state index in [1.54, 1.807) is 48.5 Å². The van der Waals surface area contributed by atoms with Crippen molar-refractivity contribution in [2.75, 3.05) is 18.5 Å². The number of halogens is 1. The van der Waals surface area contributed by atoms with Crippen LogP contribution in [0.4, 0.5) is 5.69 Å². The van der Waals surface area contributed by atoms with E-state index in [2.05, 4.69) is 26.7 Å². The molecule has 9 nitrogen and oxygen atoms in total. The highest BCUT2D eigenvalue weighted by Crippen LogP contribution is 2.23. The topological polar surface area (TPSA) is 114 Å². The third-order valence-corrected chi connectivity index (χ3v) is 5.79. The van der Waals surface area contributed by atoms with E-state index in [9.17, 15) is 19.2 Å². The molecule has 1 aliphatic rings. The Kier molecular flexibility index (Phi) is 7.96. The van der Waals surface area contributed by atoms with Gasteiger partial charge in [-0.1, -0.05) is 34.1 Å². The second-order valence-electron chi connectivity index (χ2n) is 7.95. The minimum absolute atomic E-state index is 0.0373. The van der Waals surface area contributed by atoms with E-state index in [-0.39, 0.29) is 13.0 Å². The van der Waals surface area contributed by atoms with Crippen LogP contribution in [0.3, 0.4) is 0 Å². The SMILES string of the molecule is O=C(COC(=O)[C@H]1CC(=O)N(NC(=O)c2ccc(Br)cc2)C1)Nc1ccc(Oc2ccccc2)cc1. The fraction of sp³-hybridized carbons (Fsp3) is 0.154. The van der Waals surface area contributed by atoms with Crippen molar-refractivity contribution < 1.29 is 28.7 Å². The van der Waals surface area contributed by atoms with Gasteiger partial charge in [-0.05, 0) is 60.7 Å². The lowest BCUT2D eigenvalue weighted by atomic mass is 10.1. The first kappa shape index (κ1) is 24.9. The fourth-order valence-corrected chi connectivity index (χ4v) is 3.71. The summed E-state index contributed by atoms with van der Waals surface area (Å²) in [4.78, 5) is 49.2. The Morgan fingerprint density at radius 2 is 1.58 bits per heavy atom. The number of anilines is 1. The highest BCUT2D eigenvalue weighted by atomic mass is 79.9. The second-order valence-corrected chi connectivity index (χ2v) is 8.86. The Hall–Kier alpha value is -4.18. The van der Waals surface area contributed by atoms with E-state index in [0.717, 1.165) is 9.48 Å². The molecule has 10 heteroatoms. The van der Waals surface area contributed by atoms with E-state index >= 15 is 0 Å². The summed E-state index contributed by atoms with van der Waals surface area (Å²) < 4.78 is 11.6. The average molecular weight is 552 g/mol. The van der Waals surface area contributed by atoms with Crippen LogP contribution in [-0.2, 0) is 19.1 Å². The number of nitrogens with one attached hydrogen (secondary N) is 2. The summed E-state index contributed by atoms with van der Waals surface area (Å²) in [5, 5.41) is 3.73. The summed E-state index contributed by atoms with van der Waals surface area (Å²) in [6, 6.07) is 22.6. The van der Waals surface area contributed by atoms with E-state index in [4.69, 9.17) is 9.47 Å². The zero-order valence-electron chi connectivity index (χ0n) is 19.0. The van der Waals surface area contributed by atoms with Gasteiger partial charge in [0.2, 0.25) is 5.91 Å². The Balaban J connectivity index is 1.21. The Labute approximate surface area is 215 Å². The number of amides is 3. The number of carbonyl (C=O) groups is 4. The highest BCUT2D eigenvalue weighted by molar-refractivity contribution is 9.10. The molecule has 0 unspecified atom stereocenters. The smallest absolute Gasteiger partial charge is 0.311 e. The number of benzene rings is 3. The van der Waals surface area contributed by atoms with Crippen molar-refractivity contribution in [2.45, 2.75) is 6.42 Å². The Morgan fingerprint density at radius 3 is 2.28 bits per heavy atom. The lowest BCUT2D eigenvalue weighted by Gasteiger charge is -2.17. The number of hydrogen-bond donors (Lipinski definition) is 2. The number of ether oxygens (including phenoxy) is 2. The van der Waals surface area contributed by atoms with Crippen molar-refractivity contribution in [3.8, 4) is 11.5 Å². The number of rotatable bonds is 8. The summed E-state index contributed by atoms with van der Waals surface area (Å²) in [5.74, 6) is -1.58. The molecule has 1 fully saturated rings. The summed E-state index contributed by atoms with van der Waals surface area (Å²) in [7, 11) is 0. The average Bonchev–Trinajstić information content (AvgIpc) is 3.25. The highest BCUT2D eigenvalue weighted by Gasteiger charge is 2.36. The molecule has 0 bridgehead atoms. The van der Waals surface area contributed by atoms with Gasteiger partial charge in [0.05, 0.1) is 12.5 Å². The summed E-state index contributed by atoms with van der Waals surface area (Å²) in [6.07, 6.45) is -0.121. The van der Waals surface area contributed by atoms with Crippen LogP contribution in [0.2, 0.25) is 0 Å². The van der Waals surface area contributed by atoms with Crippen LogP contribution in [0, 0.1) is 5.92 Å². The molecule has 1 saturated heterocycles. The van der Waals surface area contributed by atoms with Crippen LogP contribution in [-0.4, -0.2) is 41.9 Å². The molecule has 3 aromatic carbocycles. The minimum Gasteiger partial charge on any atom is -0.457 e. The maximum atomic E-state index is 12.4. The molecular formula is C26H22BrN3O6. The molecule has 0 radical (unpaired) electrons. The number of carbonyl (C=O) groups excluding carboxylic acids is 4. The first-order valence-corrected chi connectivity index (χ1v) is 11.8. The van der Waals surface area contributed by atoms with Gasteiger partial charge in [-0.25, -0.2) is 0 Å². The fourth-order valence-electron chi connectivity index (χ4n) is 3.44. The van der Waals surface area contributed by atoms with Gasteiger partial charge in [0.15, 0.2) is 6.61 Å². The van der Waals surface area contributed by atoms with Crippen LogP contribution >= 0.6 is 15.9 Å². The van der Waals surface area contributed by atoms with Gasteiger partial charge in [-0.3, -0.25) is 29.6 Å². The quantitative estimate of drug-likeness (QED) is 0.410. The monoisotopic (exact) mass is 551 g/mol. The summed E-state index contributed by atoms with van der Waals surface area (Å²) >= 11 is 3.29. The molecule has 184 valence electrons. The molecule has 0 spiro atoms. The molecule has 0 aromatic heterocycles. The molecule has 4 rings (SSSR count). The van der Waals surface area contributed by atoms with Gasteiger partial charge in [0.1, 0.15) is 11.5 Å². The molecule has 36 heavy (non-hydrogen) atoms. The van der Waals surface area contributed by atoms with Gasteiger partial charge < -0.3 is 14.8 Å². The predicted octanol–water partition coefficient (Wildman–Crippen LogP) is 3.92. The van der Waals surface area contributed by atoms with Crippen LogP contribution in [0.15, 0.2) is 83.3 Å².